The molecule has 2 aromatic heterocycles. The van der Waals surface area contributed by atoms with E-state index < -0.39 is 11.6 Å². The Bertz CT molecular complexity index is 1400. The van der Waals surface area contributed by atoms with E-state index in [-0.39, 0.29) is 27.6 Å². The van der Waals surface area contributed by atoms with Gasteiger partial charge in [0.2, 0.25) is 5.91 Å². The Morgan fingerprint density at radius 3 is 2.62 bits per heavy atom. The Kier molecular flexibility index (Phi) is 5.70. The lowest BCUT2D eigenvalue weighted by atomic mass is 9.99. The van der Waals surface area contributed by atoms with Gasteiger partial charge in [-0.25, -0.2) is 23.7 Å². The monoisotopic (exact) mass is 480 g/mol. The first-order valence-electron chi connectivity index (χ1n) is 10.6. The van der Waals surface area contributed by atoms with Crippen LogP contribution in [0, 0.1) is 11.6 Å². The van der Waals surface area contributed by atoms with Gasteiger partial charge in [-0.05, 0) is 30.3 Å². The molecule has 1 saturated heterocycles. The van der Waals surface area contributed by atoms with Crippen LogP contribution >= 0.6 is 11.6 Å². The summed E-state index contributed by atoms with van der Waals surface area (Å²) in [6.45, 7) is 5.50. The predicted molar refractivity (Wildman–Crippen MR) is 126 cm³/mol. The molecular weight excluding hydrogens is 462 g/mol. The number of carbonyl (C=O) groups excluding carboxylic acids is 1. The number of fused-ring (bicyclic) bond motifs is 1. The van der Waals surface area contributed by atoms with Gasteiger partial charge in [0.1, 0.15) is 23.5 Å². The number of nitrogens with zero attached hydrogens (tertiary/aromatic N) is 5. The van der Waals surface area contributed by atoms with Gasteiger partial charge in [0.15, 0.2) is 5.82 Å². The van der Waals surface area contributed by atoms with Crippen molar-refractivity contribution in [3.63, 3.8) is 0 Å². The topological polar surface area (TPSA) is 78.0 Å². The number of benzene rings is 2. The maximum atomic E-state index is 15.8. The number of piperazine rings is 1. The van der Waals surface area contributed by atoms with Crippen LogP contribution in [0.25, 0.3) is 33.3 Å². The van der Waals surface area contributed by atoms with E-state index in [1.807, 2.05) is 4.90 Å². The van der Waals surface area contributed by atoms with E-state index in [1.165, 1.54) is 30.9 Å². The molecule has 34 heavy (non-hydrogen) atoms. The molecule has 3 heterocycles. The van der Waals surface area contributed by atoms with Gasteiger partial charge in [-0.15, -0.1) is 0 Å². The molecule has 0 radical (unpaired) electrons. The van der Waals surface area contributed by atoms with Crippen molar-refractivity contribution in [1.82, 2.24) is 24.8 Å². The molecule has 0 unspecified atom stereocenters. The van der Waals surface area contributed by atoms with Gasteiger partial charge in [0, 0.05) is 54.5 Å². The molecule has 1 fully saturated rings. The van der Waals surface area contributed by atoms with Gasteiger partial charge in [0.25, 0.3) is 0 Å². The Balaban J connectivity index is 1.57. The van der Waals surface area contributed by atoms with E-state index in [9.17, 15) is 9.18 Å². The number of imidazole rings is 1. The minimum absolute atomic E-state index is 0.0154. The number of hydrogen-bond acceptors (Lipinski definition) is 5. The first-order chi connectivity index (χ1) is 16.5. The molecule has 1 N–H and O–H groups in total. The lowest BCUT2D eigenvalue weighted by Gasteiger charge is -2.35. The first-order valence-corrected chi connectivity index (χ1v) is 10.9. The molecule has 0 atom stereocenters. The summed E-state index contributed by atoms with van der Waals surface area (Å²) < 4.78 is 30.6. The average Bonchev–Trinajstić information content (AvgIpc) is 3.39. The zero-order chi connectivity index (χ0) is 23.8. The molecular formula is C24H19ClF2N6O. The quantitative estimate of drug-likeness (QED) is 0.436. The molecule has 1 aliphatic rings. The highest BCUT2D eigenvalue weighted by Gasteiger charge is 2.25. The summed E-state index contributed by atoms with van der Waals surface area (Å²) in [5, 5.41) is 0.459. The minimum atomic E-state index is -0.732. The van der Waals surface area contributed by atoms with Gasteiger partial charge in [-0.1, -0.05) is 18.2 Å². The molecule has 1 aliphatic heterocycles. The van der Waals surface area contributed by atoms with Crippen molar-refractivity contribution < 1.29 is 13.6 Å². The second-order valence-corrected chi connectivity index (χ2v) is 8.21. The lowest BCUT2D eigenvalue weighted by Crippen LogP contribution is -2.48. The number of H-pyrrole nitrogens is 1. The molecule has 0 saturated carbocycles. The number of nitrogens with one attached hydrogen (secondary N) is 1. The molecule has 10 heteroatoms. The summed E-state index contributed by atoms with van der Waals surface area (Å²) in [5.41, 5.74) is 1.19. The van der Waals surface area contributed by atoms with Crippen molar-refractivity contribution in [3.05, 3.63) is 72.4 Å². The number of aromatic nitrogens is 4. The van der Waals surface area contributed by atoms with E-state index >= 15 is 4.39 Å². The van der Waals surface area contributed by atoms with Gasteiger partial charge in [-0.3, -0.25) is 4.79 Å². The largest absolute Gasteiger partial charge is 0.352 e. The van der Waals surface area contributed by atoms with Crippen molar-refractivity contribution in [2.45, 2.75) is 0 Å². The minimum Gasteiger partial charge on any atom is -0.352 e. The number of aromatic amines is 1. The predicted octanol–water partition coefficient (Wildman–Crippen LogP) is 4.45. The van der Waals surface area contributed by atoms with Crippen LogP contribution in [0.2, 0.25) is 5.02 Å². The maximum absolute atomic E-state index is 15.8. The van der Waals surface area contributed by atoms with Gasteiger partial charge >= 0.3 is 0 Å². The molecule has 0 spiro atoms. The number of halogens is 3. The number of anilines is 1. The van der Waals surface area contributed by atoms with Gasteiger partial charge < -0.3 is 14.8 Å². The zero-order valence-corrected chi connectivity index (χ0v) is 18.7. The second-order valence-electron chi connectivity index (χ2n) is 7.81. The third-order valence-electron chi connectivity index (χ3n) is 5.90. The summed E-state index contributed by atoms with van der Waals surface area (Å²) in [6, 6.07) is 5.90. The smallest absolute Gasteiger partial charge is 0.246 e. The van der Waals surface area contributed by atoms with Crippen LogP contribution < -0.4 is 4.90 Å². The summed E-state index contributed by atoms with van der Waals surface area (Å²) in [6.07, 6.45) is 5.73. The molecule has 0 aliphatic carbocycles. The van der Waals surface area contributed by atoms with Gasteiger partial charge in [0.05, 0.1) is 17.0 Å². The normalized spacial score (nSPS) is 14.0. The Hall–Kier alpha value is -3.85. The highest BCUT2D eigenvalue weighted by atomic mass is 35.5. The summed E-state index contributed by atoms with van der Waals surface area (Å²) in [4.78, 5) is 31.0. The number of amides is 1. The van der Waals surface area contributed by atoms with Crippen LogP contribution in [-0.2, 0) is 4.79 Å². The molecule has 172 valence electrons. The van der Waals surface area contributed by atoms with Crippen molar-refractivity contribution in [1.29, 1.82) is 0 Å². The molecule has 4 aromatic rings. The van der Waals surface area contributed by atoms with Crippen LogP contribution in [0.3, 0.4) is 0 Å². The summed E-state index contributed by atoms with van der Waals surface area (Å²) >= 11 is 6.52. The van der Waals surface area contributed by atoms with Gasteiger partial charge in [-0.2, -0.15) is 0 Å². The average molecular weight is 481 g/mol. The maximum Gasteiger partial charge on any atom is 0.246 e. The summed E-state index contributed by atoms with van der Waals surface area (Å²) in [7, 11) is 0. The first kappa shape index (κ1) is 22.0. The van der Waals surface area contributed by atoms with E-state index in [2.05, 4.69) is 26.5 Å². The number of carbonyl (C=O) groups is 1. The lowest BCUT2D eigenvalue weighted by molar-refractivity contribution is -0.126. The molecule has 7 nitrogen and oxygen atoms in total. The van der Waals surface area contributed by atoms with Crippen LogP contribution in [0.15, 0.2) is 55.8 Å². The third-order valence-corrected chi connectivity index (χ3v) is 6.19. The fourth-order valence-corrected chi connectivity index (χ4v) is 4.47. The Labute approximate surface area is 198 Å². The van der Waals surface area contributed by atoms with Crippen LogP contribution in [0.1, 0.15) is 0 Å². The zero-order valence-electron chi connectivity index (χ0n) is 17.9. The van der Waals surface area contributed by atoms with E-state index in [0.29, 0.717) is 48.6 Å². The van der Waals surface area contributed by atoms with Crippen LogP contribution in [0.4, 0.5) is 14.6 Å². The highest BCUT2D eigenvalue weighted by molar-refractivity contribution is 6.34. The summed E-state index contributed by atoms with van der Waals surface area (Å²) in [5.74, 6) is -0.972. The fourth-order valence-electron chi connectivity index (χ4n) is 4.18. The van der Waals surface area contributed by atoms with E-state index in [4.69, 9.17) is 11.6 Å². The highest BCUT2D eigenvalue weighted by Crippen LogP contribution is 2.39. The van der Waals surface area contributed by atoms with Crippen molar-refractivity contribution in [2.24, 2.45) is 0 Å². The molecule has 0 bridgehead atoms. The van der Waals surface area contributed by atoms with Crippen molar-refractivity contribution >= 4 is 34.2 Å². The SMILES string of the molecule is C=CC(=O)N1CCN(c2ncnc3c(F)c(-c4cc(-c5c[nH]cn5)ccc4F)c(Cl)cc23)CC1. The Morgan fingerprint density at radius 2 is 1.91 bits per heavy atom. The van der Waals surface area contributed by atoms with E-state index in [1.54, 1.807) is 23.2 Å². The van der Waals surface area contributed by atoms with E-state index in [0.717, 1.165) is 0 Å². The molecule has 1 amide bonds. The second kappa shape index (κ2) is 8.83. The molecule has 2 aromatic carbocycles. The van der Waals surface area contributed by atoms with Crippen molar-refractivity contribution in [2.75, 3.05) is 31.1 Å². The Morgan fingerprint density at radius 1 is 1.12 bits per heavy atom. The third kappa shape index (κ3) is 3.77. The number of hydrogen-bond donors (Lipinski definition) is 1. The van der Waals surface area contributed by atoms with Crippen LogP contribution in [-0.4, -0.2) is 56.9 Å². The van der Waals surface area contributed by atoms with Crippen LogP contribution in [0.5, 0.6) is 0 Å². The fraction of sp³-hybridized carbons (Fsp3) is 0.167. The standard InChI is InChI=1S/C24H19ClF2N6O/c1-2-20(34)32-5-7-33(8-6-32)24-16-10-17(25)21(22(27)23(16)30-13-31-24)15-9-14(3-4-18(15)26)19-11-28-12-29-19/h2-4,9-13H,1,5-8H2,(H,28,29). The number of rotatable bonds is 4. The van der Waals surface area contributed by atoms with Crippen molar-refractivity contribution in [3.8, 4) is 22.4 Å². The molecule has 5 rings (SSSR count).